The van der Waals surface area contributed by atoms with E-state index in [2.05, 4.69) is 18.5 Å². The van der Waals surface area contributed by atoms with Crippen LogP contribution in [-0.2, 0) is 4.79 Å². The third kappa shape index (κ3) is 3.45. The van der Waals surface area contributed by atoms with Crippen molar-refractivity contribution in [1.82, 2.24) is 10.2 Å². The summed E-state index contributed by atoms with van der Waals surface area (Å²) < 4.78 is 0. The maximum atomic E-state index is 10.8. The molecule has 1 N–H and O–H groups in total. The van der Waals surface area contributed by atoms with Crippen molar-refractivity contribution >= 4 is 5.91 Å². The second-order valence-corrected chi connectivity index (χ2v) is 2.22. The molecule has 62 valence electrons. The topological polar surface area (TPSA) is 32.3 Å². The van der Waals surface area contributed by atoms with Crippen LogP contribution < -0.4 is 5.32 Å². The van der Waals surface area contributed by atoms with E-state index in [4.69, 9.17) is 0 Å². The van der Waals surface area contributed by atoms with Crippen LogP contribution in [0.25, 0.3) is 0 Å². The number of nitrogens with one attached hydrogen (secondary N) is 1. The molecule has 3 nitrogen and oxygen atoms in total. The molecule has 0 aliphatic rings. The highest BCUT2D eigenvalue weighted by atomic mass is 16.1. The first kappa shape index (κ1) is 9.75. The highest BCUT2D eigenvalue weighted by molar-refractivity contribution is 5.78. The molecule has 0 spiro atoms. The lowest BCUT2D eigenvalue weighted by Crippen LogP contribution is -2.31. The second kappa shape index (κ2) is 4.55. The molecule has 0 fully saturated rings. The largest absolute Gasteiger partial charge is 0.358 e. The van der Waals surface area contributed by atoms with Gasteiger partial charge in [-0.15, -0.1) is 0 Å². The highest BCUT2D eigenvalue weighted by Crippen LogP contribution is 1.98. The molecule has 0 saturated heterocycles. The van der Waals surface area contributed by atoms with Gasteiger partial charge < -0.3 is 10.2 Å². The molecule has 0 aromatic rings. The van der Waals surface area contributed by atoms with Crippen LogP contribution in [-0.4, -0.2) is 24.4 Å². The molecule has 1 amide bonds. The number of amides is 1. The van der Waals surface area contributed by atoms with Gasteiger partial charge in [-0.05, 0) is 13.1 Å². The average Bonchev–Trinajstić information content (AvgIpc) is 1.99. The lowest BCUT2D eigenvalue weighted by molar-refractivity contribution is -0.120. The Balaban J connectivity index is 3.98. The summed E-state index contributed by atoms with van der Waals surface area (Å²) in [4.78, 5) is 12.5. The normalized spacial score (nSPS) is 8.55. The first-order valence-electron chi connectivity index (χ1n) is 3.37. The molecule has 0 bridgehead atoms. The van der Waals surface area contributed by atoms with Gasteiger partial charge in [0, 0.05) is 12.7 Å². The van der Waals surface area contributed by atoms with Gasteiger partial charge in [0.2, 0.25) is 5.91 Å². The van der Waals surface area contributed by atoms with Crippen LogP contribution in [0.5, 0.6) is 0 Å². The smallest absolute Gasteiger partial charge is 0.239 e. The van der Waals surface area contributed by atoms with Crippen molar-refractivity contribution in [2.24, 2.45) is 0 Å². The molecule has 0 rings (SSSR count). The number of hydrogen-bond acceptors (Lipinski definition) is 2. The maximum Gasteiger partial charge on any atom is 0.239 e. The van der Waals surface area contributed by atoms with E-state index in [-0.39, 0.29) is 12.5 Å². The average molecular weight is 154 g/mol. The van der Waals surface area contributed by atoms with Gasteiger partial charge in [0.15, 0.2) is 0 Å². The van der Waals surface area contributed by atoms with Crippen LogP contribution >= 0.6 is 0 Å². The van der Waals surface area contributed by atoms with E-state index in [1.165, 1.54) is 0 Å². The number of rotatable bonds is 4. The zero-order valence-corrected chi connectivity index (χ0v) is 7.05. The molecule has 0 aliphatic heterocycles. The minimum atomic E-state index is -0.0482. The van der Waals surface area contributed by atoms with Gasteiger partial charge in [-0.1, -0.05) is 13.2 Å². The zero-order chi connectivity index (χ0) is 8.85. The monoisotopic (exact) mass is 154 g/mol. The van der Waals surface area contributed by atoms with Gasteiger partial charge in [-0.3, -0.25) is 4.79 Å². The summed E-state index contributed by atoms with van der Waals surface area (Å²) in [6.45, 7) is 9.35. The van der Waals surface area contributed by atoms with Gasteiger partial charge in [0.1, 0.15) is 6.54 Å². The molecule has 11 heavy (non-hydrogen) atoms. The van der Waals surface area contributed by atoms with Crippen LogP contribution in [0.15, 0.2) is 25.1 Å². The second-order valence-electron chi connectivity index (χ2n) is 2.22. The lowest BCUT2D eigenvalue weighted by Gasteiger charge is -2.17. The minimum Gasteiger partial charge on any atom is -0.358 e. The van der Waals surface area contributed by atoms with Gasteiger partial charge in [-0.2, -0.15) is 0 Å². The number of likely N-dealkylation sites (N-methyl/N-ethyl adjacent to an activating group) is 1. The van der Waals surface area contributed by atoms with E-state index in [9.17, 15) is 4.79 Å². The molecular weight excluding hydrogens is 140 g/mol. The Morgan fingerprint density at radius 2 is 2.27 bits per heavy atom. The summed E-state index contributed by atoms with van der Waals surface area (Å²) in [5.41, 5.74) is 0.809. The van der Waals surface area contributed by atoms with Crippen molar-refractivity contribution < 1.29 is 4.79 Å². The molecule has 0 aliphatic carbocycles. The minimum absolute atomic E-state index is 0.0482. The Morgan fingerprint density at radius 1 is 1.73 bits per heavy atom. The third-order valence-electron chi connectivity index (χ3n) is 1.30. The molecule has 3 heteroatoms. The van der Waals surface area contributed by atoms with Gasteiger partial charge in [0.05, 0.1) is 0 Å². The van der Waals surface area contributed by atoms with E-state index in [0.717, 1.165) is 5.70 Å². The van der Waals surface area contributed by atoms with Crippen LogP contribution in [0, 0.1) is 0 Å². The summed E-state index contributed by atoms with van der Waals surface area (Å²) in [5.74, 6) is -0.0482. The van der Waals surface area contributed by atoms with E-state index in [1.807, 2.05) is 6.92 Å². The van der Waals surface area contributed by atoms with E-state index in [1.54, 1.807) is 18.1 Å². The third-order valence-corrected chi connectivity index (χ3v) is 1.30. The predicted octanol–water partition coefficient (Wildman–Crippen LogP) is 0.711. The SMILES string of the molecule is C=CN(CC(=O)NC)C(=C)C. The molecule has 0 atom stereocenters. The summed E-state index contributed by atoms with van der Waals surface area (Å²) in [6, 6.07) is 0. The standard InChI is InChI=1S/C8H14N2O/c1-5-10(7(2)3)6-8(11)9-4/h5H,1-2,6H2,3-4H3,(H,9,11). The van der Waals surface area contributed by atoms with Gasteiger partial charge in [-0.25, -0.2) is 0 Å². The molecule has 0 unspecified atom stereocenters. The fourth-order valence-corrected chi connectivity index (χ4v) is 0.589. The van der Waals surface area contributed by atoms with Crippen LogP contribution in [0.3, 0.4) is 0 Å². The number of nitrogens with zero attached hydrogens (tertiary/aromatic N) is 1. The van der Waals surface area contributed by atoms with Crippen molar-refractivity contribution in [3.05, 3.63) is 25.1 Å². The highest BCUT2D eigenvalue weighted by Gasteiger charge is 2.03. The Bertz CT molecular complexity index is 175. The molecule has 0 heterocycles. The summed E-state index contributed by atoms with van der Waals surface area (Å²) in [7, 11) is 1.60. The number of carbonyl (C=O) groups excluding carboxylic acids is 1. The van der Waals surface area contributed by atoms with E-state index >= 15 is 0 Å². The van der Waals surface area contributed by atoms with Crippen molar-refractivity contribution in [3.8, 4) is 0 Å². The Kier molecular flexibility index (Phi) is 4.03. The van der Waals surface area contributed by atoms with Crippen LogP contribution in [0.4, 0.5) is 0 Å². The zero-order valence-electron chi connectivity index (χ0n) is 7.05. The lowest BCUT2D eigenvalue weighted by atomic mass is 10.4. The number of hydrogen-bond donors (Lipinski definition) is 1. The fourth-order valence-electron chi connectivity index (χ4n) is 0.589. The van der Waals surface area contributed by atoms with Crippen LogP contribution in [0.1, 0.15) is 6.92 Å². The first-order valence-corrected chi connectivity index (χ1v) is 3.37. The number of carbonyl (C=O) groups is 1. The Morgan fingerprint density at radius 3 is 2.55 bits per heavy atom. The van der Waals surface area contributed by atoms with Crippen molar-refractivity contribution in [1.29, 1.82) is 0 Å². The summed E-state index contributed by atoms with van der Waals surface area (Å²) >= 11 is 0. The molecule has 0 radical (unpaired) electrons. The van der Waals surface area contributed by atoms with Gasteiger partial charge in [0.25, 0.3) is 0 Å². The maximum absolute atomic E-state index is 10.8. The fraction of sp³-hybridized carbons (Fsp3) is 0.375. The Hall–Kier alpha value is -1.25. The van der Waals surface area contributed by atoms with Crippen molar-refractivity contribution in [2.75, 3.05) is 13.6 Å². The van der Waals surface area contributed by atoms with E-state index in [0.29, 0.717) is 0 Å². The van der Waals surface area contributed by atoms with Crippen LogP contribution in [0.2, 0.25) is 0 Å². The van der Waals surface area contributed by atoms with Crippen molar-refractivity contribution in [3.63, 3.8) is 0 Å². The van der Waals surface area contributed by atoms with Crippen molar-refractivity contribution in [2.45, 2.75) is 6.92 Å². The molecule has 0 aromatic heterocycles. The first-order chi connectivity index (χ1) is 5.11. The summed E-state index contributed by atoms with van der Waals surface area (Å²) in [6.07, 6.45) is 1.58. The molecular formula is C8H14N2O. The molecule has 0 aromatic carbocycles. The van der Waals surface area contributed by atoms with E-state index < -0.39 is 0 Å². The number of allylic oxidation sites excluding steroid dienone is 1. The molecule has 0 saturated carbocycles. The summed E-state index contributed by atoms with van der Waals surface area (Å²) in [5, 5.41) is 2.52. The van der Waals surface area contributed by atoms with Gasteiger partial charge >= 0.3 is 0 Å². The Labute approximate surface area is 67.4 Å². The quantitative estimate of drug-likeness (QED) is 0.647. The predicted molar refractivity (Wildman–Crippen MR) is 45.8 cm³/mol.